The van der Waals surface area contributed by atoms with Crippen molar-refractivity contribution in [1.82, 2.24) is 4.98 Å². The molecule has 4 rings (SSSR count). The largest absolute Gasteiger partial charge is 0.484 e. The van der Waals surface area contributed by atoms with Gasteiger partial charge in [-0.2, -0.15) is 0 Å². The number of rotatable bonds is 6. The number of aryl methyl sites for hydroxylation is 2. The zero-order valence-corrected chi connectivity index (χ0v) is 15.9. The Kier molecular flexibility index (Phi) is 5.66. The Hall–Kier alpha value is -3.14. The zero-order valence-electron chi connectivity index (χ0n) is 15.9. The minimum Gasteiger partial charge on any atom is -0.484 e. The van der Waals surface area contributed by atoms with Crippen molar-refractivity contribution in [1.29, 1.82) is 0 Å². The van der Waals surface area contributed by atoms with Crippen LogP contribution in [0.3, 0.4) is 0 Å². The lowest BCUT2D eigenvalue weighted by Gasteiger charge is -2.16. The highest BCUT2D eigenvalue weighted by atomic mass is 16.5. The summed E-state index contributed by atoms with van der Waals surface area (Å²) in [5, 5.41) is 2.89. The zero-order chi connectivity index (χ0) is 19.2. The van der Waals surface area contributed by atoms with E-state index >= 15 is 0 Å². The summed E-state index contributed by atoms with van der Waals surface area (Å²) < 4.78 is 5.69. The maximum Gasteiger partial charge on any atom is 0.262 e. The Morgan fingerprint density at radius 2 is 1.61 bits per heavy atom. The fraction of sp³-hybridized carbons (Fsp3) is 0.250. The van der Waals surface area contributed by atoms with Gasteiger partial charge in [-0.25, -0.2) is 0 Å². The van der Waals surface area contributed by atoms with E-state index in [1.54, 1.807) is 12.4 Å². The van der Waals surface area contributed by atoms with E-state index in [0.29, 0.717) is 0 Å². The van der Waals surface area contributed by atoms with Crippen molar-refractivity contribution in [2.24, 2.45) is 0 Å². The highest BCUT2D eigenvalue weighted by Gasteiger charge is 2.11. The third-order valence-corrected chi connectivity index (χ3v) is 5.09. The monoisotopic (exact) mass is 372 g/mol. The Bertz CT molecular complexity index is 937. The number of pyridine rings is 1. The molecule has 1 aromatic heterocycles. The van der Waals surface area contributed by atoms with Gasteiger partial charge in [0.15, 0.2) is 6.61 Å². The quantitative estimate of drug-likeness (QED) is 0.690. The maximum absolute atomic E-state index is 12.2. The molecule has 0 saturated heterocycles. The van der Waals surface area contributed by atoms with Gasteiger partial charge in [0.2, 0.25) is 0 Å². The van der Waals surface area contributed by atoms with Gasteiger partial charge in [0.25, 0.3) is 5.91 Å². The van der Waals surface area contributed by atoms with Gasteiger partial charge in [-0.1, -0.05) is 18.2 Å². The molecule has 1 N–H and O–H groups in total. The highest BCUT2D eigenvalue weighted by molar-refractivity contribution is 5.91. The van der Waals surface area contributed by atoms with Gasteiger partial charge in [-0.15, -0.1) is 0 Å². The van der Waals surface area contributed by atoms with E-state index in [1.807, 2.05) is 42.5 Å². The van der Waals surface area contributed by atoms with Crippen LogP contribution in [0.1, 0.15) is 35.1 Å². The second-order valence-electron chi connectivity index (χ2n) is 7.20. The molecular formula is C24H24N2O2. The number of nitrogens with zero attached hydrogens (tertiary/aromatic N) is 1. The normalized spacial score (nSPS) is 12.9. The Labute approximate surface area is 165 Å². The summed E-state index contributed by atoms with van der Waals surface area (Å²) in [4.78, 5) is 16.2. The summed E-state index contributed by atoms with van der Waals surface area (Å²) in [5.74, 6) is 0.614. The Balaban J connectivity index is 1.29. The van der Waals surface area contributed by atoms with Crippen LogP contribution in [0.5, 0.6) is 5.75 Å². The number of carbonyl (C=O) groups excluding carboxylic acids is 1. The van der Waals surface area contributed by atoms with Crippen molar-refractivity contribution in [2.75, 3.05) is 11.9 Å². The first-order chi connectivity index (χ1) is 13.8. The van der Waals surface area contributed by atoms with Crippen molar-refractivity contribution in [2.45, 2.75) is 32.1 Å². The highest BCUT2D eigenvalue weighted by Crippen LogP contribution is 2.25. The number of carbonyl (C=O) groups is 1. The van der Waals surface area contributed by atoms with Crippen LogP contribution in [0.4, 0.5) is 5.69 Å². The summed E-state index contributed by atoms with van der Waals surface area (Å²) in [6.45, 7) is 0.0115. The van der Waals surface area contributed by atoms with Gasteiger partial charge in [0.1, 0.15) is 5.75 Å². The van der Waals surface area contributed by atoms with Crippen LogP contribution in [0.15, 0.2) is 67.0 Å². The minimum absolute atomic E-state index is 0.0115. The van der Waals surface area contributed by atoms with Crippen LogP contribution in [-0.4, -0.2) is 17.5 Å². The fourth-order valence-electron chi connectivity index (χ4n) is 3.59. The summed E-state index contributed by atoms with van der Waals surface area (Å²) in [6.07, 6.45) is 9.18. The molecule has 0 atom stereocenters. The second-order valence-corrected chi connectivity index (χ2v) is 7.20. The molecular weight excluding hydrogens is 348 g/mol. The first-order valence-corrected chi connectivity index (χ1v) is 9.78. The molecule has 3 aromatic rings. The van der Waals surface area contributed by atoms with E-state index in [4.69, 9.17) is 4.74 Å². The Morgan fingerprint density at radius 3 is 2.39 bits per heavy atom. The van der Waals surface area contributed by atoms with E-state index in [-0.39, 0.29) is 12.5 Å². The summed E-state index contributed by atoms with van der Waals surface area (Å²) in [5.41, 5.74) is 5.95. The predicted molar refractivity (Wildman–Crippen MR) is 111 cm³/mol. The van der Waals surface area contributed by atoms with Crippen LogP contribution in [-0.2, 0) is 24.1 Å². The average molecular weight is 372 g/mol. The molecule has 1 amide bonds. The van der Waals surface area contributed by atoms with E-state index in [9.17, 15) is 4.79 Å². The molecule has 2 aromatic carbocycles. The number of ether oxygens (including phenoxy) is 1. The molecule has 0 radical (unpaired) electrons. The molecule has 0 bridgehead atoms. The number of anilines is 1. The molecule has 4 heteroatoms. The third-order valence-electron chi connectivity index (χ3n) is 5.09. The number of aromatic nitrogens is 1. The molecule has 0 saturated carbocycles. The molecule has 1 aliphatic rings. The van der Waals surface area contributed by atoms with E-state index in [1.165, 1.54) is 35.1 Å². The van der Waals surface area contributed by atoms with Gasteiger partial charge in [-0.05, 0) is 90.8 Å². The lowest BCUT2D eigenvalue weighted by molar-refractivity contribution is -0.118. The molecule has 0 unspecified atom stereocenters. The first-order valence-electron chi connectivity index (χ1n) is 9.78. The van der Waals surface area contributed by atoms with Crippen LogP contribution in [0, 0.1) is 0 Å². The number of fused-ring (bicyclic) bond motifs is 1. The van der Waals surface area contributed by atoms with Gasteiger partial charge in [0.05, 0.1) is 0 Å². The van der Waals surface area contributed by atoms with Crippen LogP contribution < -0.4 is 10.1 Å². The number of amides is 1. The van der Waals surface area contributed by atoms with Crippen LogP contribution in [0.25, 0.3) is 0 Å². The van der Waals surface area contributed by atoms with Gasteiger partial charge < -0.3 is 10.1 Å². The molecule has 1 aliphatic carbocycles. The van der Waals surface area contributed by atoms with Crippen molar-refractivity contribution in [3.05, 3.63) is 89.2 Å². The Morgan fingerprint density at radius 1 is 0.893 bits per heavy atom. The molecule has 0 fully saturated rings. The average Bonchev–Trinajstić information content (AvgIpc) is 2.74. The summed E-state index contributed by atoms with van der Waals surface area (Å²) >= 11 is 0. The van der Waals surface area contributed by atoms with Crippen molar-refractivity contribution in [3.63, 3.8) is 0 Å². The SMILES string of the molecule is O=C(COc1ccc2c(c1)CCCC2)Nc1ccc(Cc2ccncc2)cc1. The number of benzene rings is 2. The van der Waals surface area contributed by atoms with Crippen molar-refractivity contribution in [3.8, 4) is 5.75 Å². The molecule has 28 heavy (non-hydrogen) atoms. The fourth-order valence-corrected chi connectivity index (χ4v) is 3.59. The van der Waals surface area contributed by atoms with E-state index < -0.39 is 0 Å². The van der Waals surface area contributed by atoms with E-state index in [2.05, 4.69) is 22.4 Å². The van der Waals surface area contributed by atoms with Crippen LogP contribution >= 0.6 is 0 Å². The van der Waals surface area contributed by atoms with Crippen LogP contribution in [0.2, 0.25) is 0 Å². The smallest absolute Gasteiger partial charge is 0.262 e. The van der Waals surface area contributed by atoms with Gasteiger partial charge in [-0.3, -0.25) is 9.78 Å². The summed E-state index contributed by atoms with van der Waals surface area (Å²) in [7, 11) is 0. The maximum atomic E-state index is 12.2. The summed E-state index contributed by atoms with van der Waals surface area (Å²) in [6, 6.07) is 18.1. The predicted octanol–water partition coefficient (Wildman–Crippen LogP) is 4.57. The number of nitrogens with one attached hydrogen (secondary N) is 1. The molecule has 1 heterocycles. The van der Waals surface area contributed by atoms with Crippen molar-refractivity contribution < 1.29 is 9.53 Å². The third kappa shape index (κ3) is 4.77. The molecule has 0 spiro atoms. The second kappa shape index (κ2) is 8.70. The molecule has 0 aliphatic heterocycles. The topological polar surface area (TPSA) is 51.2 Å². The lowest BCUT2D eigenvalue weighted by atomic mass is 9.92. The molecule has 142 valence electrons. The first kappa shape index (κ1) is 18.2. The number of hydrogen-bond donors (Lipinski definition) is 1. The number of hydrogen-bond acceptors (Lipinski definition) is 3. The molecule has 4 nitrogen and oxygen atoms in total. The van der Waals surface area contributed by atoms with Gasteiger partial charge in [0, 0.05) is 18.1 Å². The van der Waals surface area contributed by atoms with Crippen molar-refractivity contribution >= 4 is 11.6 Å². The van der Waals surface area contributed by atoms with Gasteiger partial charge >= 0.3 is 0 Å². The lowest BCUT2D eigenvalue weighted by Crippen LogP contribution is -2.20. The standard InChI is InChI=1S/C24H24N2O2/c27-24(17-28-23-10-7-20-3-1-2-4-21(20)16-23)26-22-8-5-18(6-9-22)15-19-11-13-25-14-12-19/h5-14,16H,1-4,15,17H2,(H,26,27). The van der Waals surface area contributed by atoms with E-state index in [0.717, 1.165) is 30.7 Å². The minimum atomic E-state index is -0.153.